The van der Waals surface area contributed by atoms with Crippen LogP contribution in [0.4, 0.5) is 4.79 Å². The molecule has 7 nitrogen and oxygen atoms in total. The second kappa shape index (κ2) is 7.06. The van der Waals surface area contributed by atoms with Crippen LogP contribution in [0.5, 0.6) is 5.75 Å². The normalized spacial score (nSPS) is 19.2. The van der Waals surface area contributed by atoms with E-state index in [2.05, 4.69) is 26.2 Å². The number of hydrogen-bond acceptors (Lipinski definition) is 6. The molecule has 1 unspecified atom stereocenters. The Bertz CT molecular complexity index is 1050. The summed E-state index contributed by atoms with van der Waals surface area (Å²) in [5.74, 6) is 0.720. The van der Waals surface area contributed by atoms with Gasteiger partial charge in [0.05, 0.1) is 31.2 Å². The highest BCUT2D eigenvalue weighted by Crippen LogP contribution is 2.35. The summed E-state index contributed by atoms with van der Waals surface area (Å²) < 4.78 is 11.7. The van der Waals surface area contributed by atoms with E-state index in [1.807, 2.05) is 23.6 Å². The zero-order chi connectivity index (χ0) is 19.9. The number of aromatic nitrogens is 1. The van der Waals surface area contributed by atoms with Gasteiger partial charge in [-0.15, -0.1) is 11.3 Å². The fourth-order valence-electron chi connectivity index (χ4n) is 3.08. The Morgan fingerprint density at radius 1 is 1.36 bits per heavy atom. The number of carbonyl (C=O) groups excluding carboxylic acids is 2. The maximum absolute atomic E-state index is 12.9. The van der Waals surface area contributed by atoms with E-state index in [1.54, 1.807) is 26.2 Å². The number of furan rings is 1. The van der Waals surface area contributed by atoms with Gasteiger partial charge in [-0.05, 0) is 37.3 Å². The number of benzene rings is 1. The molecule has 1 fully saturated rings. The van der Waals surface area contributed by atoms with Crippen LogP contribution < -0.4 is 10.1 Å². The Morgan fingerprint density at radius 3 is 2.89 bits per heavy atom. The first-order valence-corrected chi connectivity index (χ1v) is 10.1. The third-order valence-corrected chi connectivity index (χ3v) is 5.97. The second-order valence-electron chi connectivity index (χ2n) is 6.41. The standard InChI is InChI=1S/C19H16BrN3O4S/c1-19(15-4-3-7-27-15)17(24)23(18(25)22-19)9-12-10-28-16(21-12)13-8-11(20)5-6-14(13)26-2/h3-8,10H,9H2,1-2H3,(H,22,25). The van der Waals surface area contributed by atoms with E-state index in [0.29, 0.717) is 17.2 Å². The second-order valence-corrected chi connectivity index (χ2v) is 8.19. The van der Waals surface area contributed by atoms with E-state index < -0.39 is 11.6 Å². The molecule has 3 aromatic rings. The van der Waals surface area contributed by atoms with E-state index in [4.69, 9.17) is 9.15 Å². The van der Waals surface area contributed by atoms with Gasteiger partial charge in [0.1, 0.15) is 16.5 Å². The maximum atomic E-state index is 12.9. The van der Waals surface area contributed by atoms with Gasteiger partial charge in [0, 0.05) is 9.85 Å². The van der Waals surface area contributed by atoms with Crippen molar-refractivity contribution in [2.45, 2.75) is 19.0 Å². The van der Waals surface area contributed by atoms with Crippen LogP contribution in [0.15, 0.2) is 50.9 Å². The molecule has 0 bridgehead atoms. The number of amides is 3. The van der Waals surface area contributed by atoms with Crippen molar-refractivity contribution in [2.75, 3.05) is 7.11 Å². The zero-order valence-corrected chi connectivity index (χ0v) is 17.5. The Hall–Kier alpha value is -2.65. The Morgan fingerprint density at radius 2 is 2.18 bits per heavy atom. The highest BCUT2D eigenvalue weighted by molar-refractivity contribution is 9.10. The number of thiazole rings is 1. The van der Waals surface area contributed by atoms with Crippen molar-refractivity contribution in [3.63, 3.8) is 0 Å². The van der Waals surface area contributed by atoms with Crippen molar-refractivity contribution in [3.8, 4) is 16.3 Å². The first kappa shape index (κ1) is 18.7. The lowest BCUT2D eigenvalue weighted by molar-refractivity contribution is -0.132. The minimum absolute atomic E-state index is 0.0772. The molecule has 3 heterocycles. The molecule has 4 rings (SSSR count). The van der Waals surface area contributed by atoms with Crippen LogP contribution in [0.2, 0.25) is 0 Å². The smallest absolute Gasteiger partial charge is 0.325 e. The Balaban J connectivity index is 1.59. The molecule has 3 amide bonds. The minimum atomic E-state index is -1.22. The molecule has 1 aliphatic heterocycles. The first-order valence-electron chi connectivity index (χ1n) is 8.39. The molecule has 1 aliphatic rings. The number of ether oxygens (including phenoxy) is 1. The van der Waals surface area contributed by atoms with Gasteiger partial charge in [0.15, 0.2) is 5.54 Å². The van der Waals surface area contributed by atoms with Gasteiger partial charge >= 0.3 is 6.03 Å². The summed E-state index contributed by atoms with van der Waals surface area (Å²) in [6, 6.07) is 8.54. The fourth-order valence-corrected chi connectivity index (χ4v) is 4.28. The summed E-state index contributed by atoms with van der Waals surface area (Å²) in [5, 5.41) is 5.29. The summed E-state index contributed by atoms with van der Waals surface area (Å²) in [7, 11) is 1.60. The average molecular weight is 462 g/mol. The largest absolute Gasteiger partial charge is 0.496 e. The number of carbonyl (C=O) groups is 2. The number of methoxy groups -OCH3 is 1. The first-order chi connectivity index (χ1) is 13.4. The topological polar surface area (TPSA) is 84.7 Å². The van der Waals surface area contributed by atoms with Gasteiger partial charge in [-0.3, -0.25) is 9.69 Å². The van der Waals surface area contributed by atoms with Gasteiger partial charge in [-0.25, -0.2) is 9.78 Å². The molecule has 0 aliphatic carbocycles. The van der Waals surface area contributed by atoms with E-state index in [-0.39, 0.29) is 12.5 Å². The van der Waals surface area contributed by atoms with Gasteiger partial charge in [0.25, 0.3) is 5.91 Å². The van der Waals surface area contributed by atoms with E-state index >= 15 is 0 Å². The molecule has 9 heteroatoms. The van der Waals surface area contributed by atoms with Gasteiger partial charge < -0.3 is 14.5 Å². The number of nitrogens with zero attached hydrogens (tertiary/aromatic N) is 2. The predicted octanol–water partition coefficient (Wildman–Crippen LogP) is 4.14. The van der Waals surface area contributed by atoms with Crippen LogP contribution in [-0.2, 0) is 16.9 Å². The summed E-state index contributed by atoms with van der Waals surface area (Å²) in [6.07, 6.45) is 1.47. The summed E-state index contributed by atoms with van der Waals surface area (Å²) >= 11 is 4.88. The number of imide groups is 1. The van der Waals surface area contributed by atoms with Crippen LogP contribution in [0.1, 0.15) is 18.4 Å². The summed E-state index contributed by atoms with van der Waals surface area (Å²) in [5.41, 5.74) is 0.243. The van der Waals surface area contributed by atoms with Crippen LogP contribution in [-0.4, -0.2) is 28.9 Å². The number of rotatable bonds is 5. The number of nitrogens with one attached hydrogen (secondary N) is 1. The van der Waals surface area contributed by atoms with Crippen molar-refractivity contribution in [3.05, 3.63) is 57.9 Å². The van der Waals surface area contributed by atoms with Gasteiger partial charge in [-0.1, -0.05) is 15.9 Å². The molecule has 1 saturated heterocycles. The van der Waals surface area contributed by atoms with Crippen molar-refractivity contribution in [1.29, 1.82) is 0 Å². The maximum Gasteiger partial charge on any atom is 0.325 e. The van der Waals surface area contributed by atoms with E-state index in [0.717, 1.165) is 19.9 Å². The minimum Gasteiger partial charge on any atom is -0.496 e. The van der Waals surface area contributed by atoms with E-state index in [9.17, 15) is 9.59 Å². The Kier molecular flexibility index (Phi) is 4.72. The molecule has 0 spiro atoms. The van der Waals surface area contributed by atoms with Gasteiger partial charge in [0.2, 0.25) is 0 Å². The Labute approximate surface area is 173 Å². The quantitative estimate of drug-likeness (QED) is 0.577. The van der Waals surface area contributed by atoms with Crippen LogP contribution >= 0.6 is 27.3 Å². The summed E-state index contributed by atoms with van der Waals surface area (Å²) in [6.45, 7) is 1.71. The molecule has 144 valence electrons. The fraction of sp³-hybridized carbons (Fsp3) is 0.211. The monoisotopic (exact) mass is 461 g/mol. The van der Waals surface area contributed by atoms with Crippen molar-refractivity contribution in [2.24, 2.45) is 0 Å². The third-order valence-electron chi connectivity index (χ3n) is 4.55. The van der Waals surface area contributed by atoms with Crippen LogP contribution in [0, 0.1) is 0 Å². The molecule has 1 aromatic carbocycles. The highest BCUT2D eigenvalue weighted by Gasteiger charge is 2.51. The number of halogens is 1. The molecule has 2 aromatic heterocycles. The SMILES string of the molecule is COc1ccc(Br)cc1-c1nc(CN2C(=O)NC(C)(c3ccco3)C2=O)cs1. The van der Waals surface area contributed by atoms with Crippen LogP contribution in [0.25, 0.3) is 10.6 Å². The number of urea groups is 1. The lowest BCUT2D eigenvalue weighted by atomic mass is 9.99. The van der Waals surface area contributed by atoms with Crippen molar-refractivity contribution < 1.29 is 18.7 Å². The molecule has 28 heavy (non-hydrogen) atoms. The van der Waals surface area contributed by atoms with E-state index in [1.165, 1.54) is 17.6 Å². The molecular weight excluding hydrogens is 446 g/mol. The highest BCUT2D eigenvalue weighted by atomic mass is 79.9. The van der Waals surface area contributed by atoms with Gasteiger partial charge in [-0.2, -0.15) is 0 Å². The van der Waals surface area contributed by atoms with Crippen molar-refractivity contribution >= 4 is 39.2 Å². The predicted molar refractivity (Wildman–Crippen MR) is 107 cm³/mol. The summed E-state index contributed by atoms with van der Waals surface area (Å²) in [4.78, 5) is 31.1. The third kappa shape index (κ3) is 3.10. The molecule has 1 N–H and O–H groups in total. The lowest BCUT2D eigenvalue weighted by Gasteiger charge is -2.18. The molecule has 0 radical (unpaired) electrons. The number of hydrogen-bond donors (Lipinski definition) is 1. The molecule has 1 atom stereocenters. The van der Waals surface area contributed by atoms with Crippen LogP contribution in [0.3, 0.4) is 0 Å². The molecular formula is C19H16BrN3O4S. The lowest BCUT2D eigenvalue weighted by Crippen LogP contribution is -2.40. The average Bonchev–Trinajstić information content (AvgIpc) is 3.40. The molecule has 0 saturated carbocycles. The van der Waals surface area contributed by atoms with Crippen molar-refractivity contribution in [1.82, 2.24) is 15.2 Å². The zero-order valence-electron chi connectivity index (χ0n) is 15.1.